The Balaban J connectivity index is 2.09. The second-order valence-electron chi connectivity index (χ2n) is 5.71. The number of hydrogen-bond acceptors (Lipinski definition) is 3. The minimum Gasteiger partial charge on any atom is -0.494 e. The van der Waals surface area contributed by atoms with Gasteiger partial charge < -0.3 is 15.4 Å². The summed E-state index contributed by atoms with van der Waals surface area (Å²) < 4.78 is 31.7. The fourth-order valence-corrected chi connectivity index (χ4v) is 2.49. The topological polar surface area (TPSA) is 72.6 Å². The number of amides is 2. The van der Waals surface area contributed by atoms with E-state index in [0.29, 0.717) is 17.7 Å². The van der Waals surface area contributed by atoms with Crippen LogP contribution in [0.25, 0.3) is 0 Å². The molecule has 26 heavy (non-hydrogen) atoms. The Bertz CT molecular complexity index is 779. The van der Waals surface area contributed by atoms with E-state index in [0.717, 1.165) is 0 Å². The second-order valence-corrected chi connectivity index (χ2v) is 5.71. The zero-order valence-electron chi connectivity index (χ0n) is 14.4. The zero-order valence-corrected chi connectivity index (χ0v) is 14.4. The van der Waals surface area contributed by atoms with Crippen molar-refractivity contribution < 1.29 is 23.1 Å². The van der Waals surface area contributed by atoms with Crippen LogP contribution in [0.3, 0.4) is 0 Å². The maximum Gasteiger partial charge on any atom is 0.227 e. The molecule has 0 aromatic heterocycles. The fraction of sp³-hybridized carbons (Fsp3) is 0.263. The summed E-state index contributed by atoms with van der Waals surface area (Å²) >= 11 is 0. The summed E-state index contributed by atoms with van der Waals surface area (Å²) in [4.78, 5) is 25.0. The third-order valence-electron chi connectivity index (χ3n) is 3.86. The number of methoxy groups -OCH3 is 1. The molecule has 0 saturated heterocycles. The van der Waals surface area contributed by atoms with E-state index in [1.165, 1.54) is 48.4 Å². The number of rotatable bonds is 8. The zero-order chi connectivity index (χ0) is 19.1. The predicted molar refractivity (Wildman–Crippen MR) is 93.8 cm³/mol. The molecule has 0 fully saturated rings. The van der Waals surface area contributed by atoms with E-state index in [2.05, 4.69) is 0 Å². The maximum atomic E-state index is 13.7. The number of aryl methyl sites for hydroxylation is 1. The molecule has 2 N–H and O–H groups in total. The van der Waals surface area contributed by atoms with Crippen LogP contribution < -0.4 is 15.4 Å². The highest BCUT2D eigenvalue weighted by Gasteiger charge is 2.17. The van der Waals surface area contributed by atoms with Gasteiger partial charge in [0.1, 0.15) is 5.82 Å². The lowest BCUT2D eigenvalue weighted by Crippen LogP contribution is -2.34. The van der Waals surface area contributed by atoms with Crippen molar-refractivity contribution in [2.75, 3.05) is 18.6 Å². The summed E-state index contributed by atoms with van der Waals surface area (Å²) in [5.74, 6) is -1.60. The Morgan fingerprint density at radius 2 is 1.77 bits per heavy atom. The molecule has 2 amide bonds. The highest BCUT2D eigenvalue weighted by Crippen LogP contribution is 2.20. The molecule has 5 nitrogen and oxygen atoms in total. The number of primary amides is 1. The summed E-state index contributed by atoms with van der Waals surface area (Å²) in [5.41, 5.74) is 6.28. The molecule has 0 heterocycles. The van der Waals surface area contributed by atoms with Gasteiger partial charge in [-0.05, 0) is 48.4 Å². The van der Waals surface area contributed by atoms with Crippen molar-refractivity contribution >= 4 is 17.5 Å². The summed E-state index contributed by atoms with van der Waals surface area (Å²) in [6, 6.07) is 9.89. The van der Waals surface area contributed by atoms with Gasteiger partial charge in [0.15, 0.2) is 11.6 Å². The van der Waals surface area contributed by atoms with Crippen LogP contribution >= 0.6 is 0 Å². The number of anilines is 1. The first-order valence-electron chi connectivity index (χ1n) is 8.07. The number of ether oxygens (including phenoxy) is 1. The number of halogens is 2. The van der Waals surface area contributed by atoms with Crippen molar-refractivity contribution in [3.05, 3.63) is 59.7 Å². The molecule has 0 atom stereocenters. The van der Waals surface area contributed by atoms with E-state index >= 15 is 0 Å². The van der Waals surface area contributed by atoms with Gasteiger partial charge >= 0.3 is 0 Å². The van der Waals surface area contributed by atoms with Crippen LogP contribution in [0.15, 0.2) is 42.5 Å². The Kier molecular flexibility index (Phi) is 6.66. The van der Waals surface area contributed by atoms with Gasteiger partial charge in [0.05, 0.1) is 7.11 Å². The molecule has 2 aromatic carbocycles. The van der Waals surface area contributed by atoms with Crippen LogP contribution in [0, 0.1) is 11.6 Å². The first-order valence-corrected chi connectivity index (χ1v) is 8.07. The van der Waals surface area contributed by atoms with E-state index in [-0.39, 0.29) is 31.0 Å². The SMILES string of the molecule is COc1ccc(CCC(=O)N(CCC(N)=O)c2ccc(F)cc2)cc1F. The lowest BCUT2D eigenvalue weighted by molar-refractivity contribution is -0.119. The van der Waals surface area contributed by atoms with Gasteiger partial charge in [-0.15, -0.1) is 0 Å². The largest absolute Gasteiger partial charge is 0.494 e. The third kappa shape index (κ3) is 5.27. The molecule has 2 aromatic rings. The fourth-order valence-electron chi connectivity index (χ4n) is 2.49. The van der Waals surface area contributed by atoms with Crippen LogP contribution in [-0.4, -0.2) is 25.5 Å². The van der Waals surface area contributed by atoms with E-state index in [4.69, 9.17) is 10.5 Å². The number of carbonyl (C=O) groups is 2. The van der Waals surface area contributed by atoms with Crippen molar-refractivity contribution in [3.63, 3.8) is 0 Å². The molecule has 138 valence electrons. The van der Waals surface area contributed by atoms with Crippen molar-refractivity contribution in [3.8, 4) is 5.75 Å². The predicted octanol–water partition coefficient (Wildman–Crippen LogP) is 2.81. The van der Waals surface area contributed by atoms with Crippen molar-refractivity contribution in [2.45, 2.75) is 19.3 Å². The minimum atomic E-state index is -0.540. The molecule has 0 saturated carbocycles. The quantitative estimate of drug-likeness (QED) is 0.785. The van der Waals surface area contributed by atoms with Crippen LogP contribution in [0.1, 0.15) is 18.4 Å². The standard InChI is InChI=1S/C19H20F2N2O3/c1-26-17-8-2-13(12-16(17)21)3-9-19(25)23(11-10-18(22)24)15-6-4-14(20)5-7-15/h2,4-8,12H,3,9-11H2,1H3,(H2,22,24). The minimum absolute atomic E-state index is 0.0136. The first kappa shape index (κ1) is 19.4. The highest BCUT2D eigenvalue weighted by molar-refractivity contribution is 5.94. The average molecular weight is 362 g/mol. The van der Waals surface area contributed by atoms with E-state index < -0.39 is 17.5 Å². The van der Waals surface area contributed by atoms with Crippen molar-refractivity contribution in [2.24, 2.45) is 5.73 Å². The van der Waals surface area contributed by atoms with Gasteiger partial charge in [-0.25, -0.2) is 8.78 Å². The highest BCUT2D eigenvalue weighted by atomic mass is 19.1. The van der Waals surface area contributed by atoms with Crippen LogP contribution in [-0.2, 0) is 16.0 Å². The smallest absolute Gasteiger partial charge is 0.227 e. The van der Waals surface area contributed by atoms with Crippen LogP contribution in [0.5, 0.6) is 5.75 Å². The Labute approximate surface area is 150 Å². The molecule has 0 radical (unpaired) electrons. The van der Waals surface area contributed by atoms with E-state index in [1.54, 1.807) is 6.07 Å². The van der Waals surface area contributed by atoms with Gasteiger partial charge in [-0.2, -0.15) is 0 Å². The van der Waals surface area contributed by atoms with Gasteiger partial charge in [0, 0.05) is 25.1 Å². The van der Waals surface area contributed by atoms with Crippen molar-refractivity contribution in [1.82, 2.24) is 0 Å². The first-order chi connectivity index (χ1) is 12.4. The molecule has 0 aliphatic carbocycles. The Hall–Kier alpha value is -2.96. The molecule has 0 unspecified atom stereocenters. The van der Waals surface area contributed by atoms with Gasteiger partial charge in [-0.3, -0.25) is 9.59 Å². The van der Waals surface area contributed by atoms with Gasteiger partial charge in [-0.1, -0.05) is 6.07 Å². The maximum absolute atomic E-state index is 13.7. The Morgan fingerprint density at radius 1 is 1.08 bits per heavy atom. The van der Waals surface area contributed by atoms with Crippen LogP contribution in [0.4, 0.5) is 14.5 Å². The van der Waals surface area contributed by atoms with Crippen LogP contribution in [0.2, 0.25) is 0 Å². The van der Waals surface area contributed by atoms with E-state index in [9.17, 15) is 18.4 Å². The van der Waals surface area contributed by atoms with E-state index in [1.807, 2.05) is 0 Å². The third-order valence-corrected chi connectivity index (χ3v) is 3.86. The van der Waals surface area contributed by atoms with Gasteiger partial charge in [0.25, 0.3) is 0 Å². The lowest BCUT2D eigenvalue weighted by atomic mass is 10.1. The number of nitrogens with two attached hydrogens (primary N) is 1. The normalized spacial score (nSPS) is 10.4. The summed E-state index contributed by atoms with van der Waals surface area (Å²) in [5, 5.41) is 0. The number of carbonyl (C=O) groups excluding carboxylic acids is 2. The number of hydrogen-bond donors (Lipinski definition) is 1. The summed E-state index contributed by atoms with van der Waals surface area (Å²) in [6.45, 7) is 0.0940. The Morgan fingerprint density at radius 3 is 2.35 bits per heavy atom. The monoisotopic (exact) mass is 362 g/mol. The second kappa shape index (κ2) is 8.94. The molecule has 0 spiro atoms. The molecule has 2 rings (SSSR count). The molecule has 7 heteroatoms. The lowest BCUT2D eigenvalue weighted by Gasteiger charge is -2.22. The number of nitrogens with zero attached hydrogens (tertiary/aromatic N) is 1. The molecule has 0 bridgehead atoms. The molecular formula is C19H20F2N2O3. The average Bonchev–Trinajstić information content (AvgIpc) is 2.61. The molecule has 0 aliphatic heterocycles. The summed E-state index contributed by atoms with van der Waals surface area (Å²) in [6.07, 6.45) is 0.399. The van der Waals surface area contributed by atoms with Gasteiger partial charge in [0.2, 0.25) is 11.8 Å². The summed E-state index contributed by atoms with van der Waals surface area (Å²) in [7, 11) is 1.38. The number of benzene rings is 2. The molecule has 0 aliphatic rings. The van der Waals surface area contributed by atoms with Crippen molar-refractivity contribution in [1.29, 1.82) is 0 Å². The molecular weight excluding hydrogens is 342 g/mol.